The Morgan fingerprint density at radius 2 is 1.43 bits per heavy atom. The Kier molecular flexibility index (Phi) is 6.28. The van der Waals surface area contributed by atoms with Crippen LogP contribution in [0.4, 0.5) is 30.5 Å². The predicted octanol–water partition coefficient (Wildman–Crippen LogP) is 5.82. The van der Waals surface area contributed by atoms with Gasteiger partial charge in [0.05, 0.1) is 28.6 Å². The number of nitrogens with zero attached hydrogens (tertiary/aromatic N) is 2. The van der Waals surface area contributed by atoms with Crippen molar-refractivity contribution in [2.45, 2.75) is 24.9 Å². The maximum absolute atomic E-state index is 13.5. The number of fused-ring (bicyclic) bond motifs is 1. The summed E-state index contributed by atoms with van der Waals surface area (Å²) in [5, 5.41) is 2.99. The average Bonchev–Trinajstić information content (AvgIpc) is 2.80. The van der Waals surface area contributed by atoms with E-state index in [0.717, 1.165) is 23.3 Å². The fourth-order valence-electron chi connectivity index (χ4n) is 3.40. The minimum atomic E-state index is -4.86. The van der Waals surface area contributed by atoms with Crippen LogP contribution >= 0.6 is 0 Å². The number of benzene rings is 3. The van der Waals surface area contributed by atoms with Gasteiger partial charge in [-0.2, -0.15) is 13.2 Å². The molecular formula is C24H21F3N4O3S. The highest BCUT2D eigenvalue weighted by atomic mass is 32.2. The second kappa shape index (κ2) is 9.06. The average molecular weight is 503 g/mol. The minimum Gasteiger partial charge on any atom is -0.497 e. The molecule has 7 nitrogen and oxygen atoms in total. The van der Waals surface area contributed by atoms with Crippen LogP contribution in [0.25, 0.3) is 11.0 Å². The van der Waals surface area contributed by atoms with E-state index in [0.29, 0.717) is 28.5 Å². The van der Waals surface area contributed by atoms with Gasteiger partial charge in [-0.3, -0.25) is 4.72 Å². The zero-order valence-electron chi connectivity index (χ0n) is 18.9. The number of rotatable bonds is 6. The topological polar surface area (TPSA) is 93.2 Å². The molecule has 1 aromatic heterocycles. The molecule has 11 heteroatoms. The van der Waals surface area contributed by atoms with Crippen molar-refractivity contribution in [3.63, 3.8) is 0 Å². The summed E-state index contributed by atoms with van der Waals surface area (Å²) in [6.45, 7) is 3.76. The zero-order valence-corrected chi connectivity index (χ0v) is 19.8. The lowest BCUT2D eigenvalue weighted by molar-refractivity contribution is -0.139. The third kappa shape index (κ3) is 5.14. The van der Waals surface area contributed by atoms with Crippen molar-refractivity contribution in [2.24, 2.45) is 0 Å². The smallest absolute Gasteiger partial charge is 0.417 e. The summed E-state index contributed by atoms with van der Waals surface area (Å²) in [7, 11) is -3.15. The largest absolute Gasteiger partial charge is 0.497 e. The summed E-state index contributed by atoms with van der Waals surface area (Å²) in [6.07, 6.45) is -4.86. The SMILES string of the molecule is COc1ccc(Nc2nc3cc(C)c(C)cc3nc2NS(=O)(=O)c2ccccc2C(F)(F)F)cc1. The Morgan fingerprint density at radius 1 is 0.857 bits per heavy atom. The summed E-state index contributed by atoms with van der Waals surface area (Å²) in [5.41, 5.74) is 1.99. The fraction of sp³-hybridized carbons (Fsp3) is 0.167. The van der Waals surface area contributed by atoms with Gasteiger partial charge in [0.1, 0.15) is 5.75 Å². The number of methoxy groups -OCH3 is 1. The first kappa shape index (κ1) is 24.3. The number of hydrogen-bond acceptors (Lipinski definition) is 6. The second-order valence-electron chi connectivity index (χ2n) is 7.80. The Balaban J connectivity index is 1.83. The first-order chi connectivity index (χ1) is 16.5. The number of anilines is 3. The van der Waals surface area contributed by atoms with Crippen molar-refractivity contribution < 1.29 is 26.3 Å². The molecule has 0 atom stereocenters. The molecule has 0 aliphatic carbocycles. The van der Waals surface area contributed by atoms with Gasteiger partial charge in [0.15, 0.2) is 11.6 Å². The maximum atomic E-state index is 13.5. The highest BCUT2D eigenvalue weighted by molar-refractivity contribution is 7.92. The molecule has 0 saturated carbocycles. The van der Waals surface area contributed by atoms with E-state index in [1.165, 1.54) is 13.2 Å². The molecule has 0 spiro atoms. The summed E-state index contributed by atoms with van der Waals surface area (Å²) in [5.74, 6) is 0.392. The van der Waals surface area contributed by atoms with Crippen LogP contribution in [-0.2, 0) is 16.2 Å². The van der Waals surface area contributed by atoms with Crippen LogP contribution in [0.2, 0.25) is 0 Å². The molecule has 0 amide bonds. The molecule has 4 aromatic rings. The van der Waals surface area contributed by atoms with Crippen LogP contribution < -0.4 is 14.8 Å². The Morgan fingerprint density at radius 3 is 2.00 bits per heavy atom. The molecule has 2 N–H and O–H groups in total. The van der Waals surface area contributed by atoms with Crippen molar-refractivity contribution in [3.8, 4) is 5.75 Å². The predicted molar refractivity (Wildman–Crippen MR) is 128 cm³/mol. The lowest BCUT2D eigenvalue weighted by Crippen LogP contribution is -2.20. The third-order valence-electron chi connectivity index (χ3n) is 5.35. The van der Waals surface area contributed by atoms with Crippen molar-refractivity contribution in [1.82, 2.24) is 9.97 Å². The van der Waals surface area contributed by atoms with Crippen LogP contribution in [0.1, 0.15) is 16.7 Å². The molecule has 182 valence electrons. The molecule has 0 unspecified atom stereocenters. The molecule has 0 bridgehead atoms. The number of sulfonamides is 1. The van der Waals surface area contributed by atoms with E-state index in [1.807, 2.05) is 13.8 Å². The number of nitrogens with one attached hydrogen (secondary N) is 2. The minimum absolute atomic E-state index is 0.0268. The number of aromatic nitrogens is 2. The molecule has 0 aliphatic heterocycles. The maximum Gasteiger partial charge on any atom is 0.417 e. The van der Waals surface area contributed by atoms with E-state index >= 15 is 0 Å². The monoisotopic (exact) mass is 502 g/mol. The first-order valence-corrected chi connectivity index (χ1v) is 11.9. The van der Waals surface area contributed by atoms with Gasteiger partial charge in [-0.15, -0.1) is 0 Å². The van der Waals surface area contributed by atoms with Gasteiger partial charge in [0.25, 0.3) is 10.0 Å². The Labute approximate surface area is 200 Å². The molecule has 0 saturated heterocycles. The van der Waals surface area contributed by atoms with Crippen LogP contribution in [0.5, 0.6) is 5.75 Å². The zero-order chi connectivity index (χ0) is 25.4. The summed E-state index contributed by atoms with van der Waals surface area (Å²) in [4.78, 5) is 7.99. The van der Waals surface area contributed by atoms with Gasteiger partial charge in [-0.1, -0.05) is 12.1 Å². The van der Waals surface area contributed by atoms with Crippen molar-refractivity contribution in [2.75, 3.05) is 17.1 Å². The lowest BCUT2D eigenvalue weighted by Gasteiger charge is -2.17. The van der Waals surface area contributed by atoms with Crippen molar-refractivity contribution in [3.05, 3.63) is 77.4 Å². The van der Waals surface area contributed by atoms with E-state index in [2.05, 4.69) is 20.0 Å². The molecule has 0 radical (unpaired) electrons. The standard InChI is InChI=1S/C24H21F3N4O3S/c1-14-12-19-20(13-15(14)2)30-23(22(29-19)28-16-8-10-17(34-3)11-9-16)31-35(32,33)21-7-5-4-6-18(21)24(25,26)27/h4-13H,1-3H3,(H,28,29)(H,30,31). The molecule has 1 heterocycles. The number of aryl methyl sites for hydroxylation is 2. The van der Waals surface area contributed by atoms with Crippen LogP contribution in [0.3, 0.4) is 0 Å². The molecule has 4 rings (SSSR count). The van der Waals surface area contributed by atoms with Gasteiger partial charge in [-0.05, 0) is 73.5 Å². The number of halogens is 3. The molecule has 0 fully saturated rings. The first-order valence-electron chi connectivity index (χ1n) is 10.4. The van der Waals surface area contributed by atoms with Crippen LogP contribution in [-0.4, -0.2) is 25.5 Å². The molecular weight excluding hydrogens is 481 g/mol. The van der Waals surface area contributed by atoms with Gasteiger partial charge < -0.3 is 10.1 Å². The number of hydrogen-bond donors (Lipinski definition) is 2. The highest BCUT2D eigenvalue weighted by Gasteiger charge is 2.37. The Bertz CT molecular complexity index is 1510. The van der Waals surface area contributed by atoms with Gasteiger partial charge in [-0.25, -0.2) is 18.4 Å². The van der Waals surface area contributed by atoms with Gasteiger partial charge >= 0.3 is 6.18 Å². The van der Waals surface area contributed by atoms with Crippen LogP contribution in [0.15, 0.2) is 65.6 Å². The van der Waals surface area contributed by atoms with E-state index in [9.17, 15) is 21.6 Å². The number of ether oxygens (including phenoxy) is 1. The summed E-state index contributed by atoms with van der Waals surface area (Å²) in [6, 6.07) is 14.2. The quantitative estimate of drug-likeness (QED) is 0.345. The fourth-order valence-corrected chi connectivity index (χ4v) is 4.64. The number of alkyl halides is 3. The van der Waals surface area contributed by atoms with Gasteiger partial charge in [0, 0.05) is 5.69 Å². The lowest BCUT2D eigenvalue weighted by atomic mass is 10.1. The van der Waals surface area contributed by atoms with Crippen molar-refractivity contribution in [1.29, 1.82) is 0 Å². The second-order valence-corrected chi connectivity index (χ2v) is 9.45. The summed E-state index contributed by atoms with van der Waals surface area (Å²) >= 11 is 0. The van der Waals surface area contributed by atoms with E-state index in [1.54, 1.807) is 36.4 Å². The van der Waals surface area contributed by atoms with Crippen LogP contribution in [0, 0.1) is 13.8 Å². The summed E-state index contributed by atoms with van der Waals surface area (Å²) < 4.78 is 74.0. The Hall–Kier alpha value is -3.86. The molecule has 3 aromatic carbocycles. The van der Waals surface area contributed by atoms with E-state index in [-0.39, 0.29) is 11.6 Å². The van der Waals surface area contributed by atoms with E-state index in [4.69, 9.17) is 4.74 Å². The third-order valence-corrected chi connectivity index (χ3v) is 6.74. The highest BCUT2D eigenvalue weighted by Crippen LogP contribution is 2.35. The normalized spacial score (nSPS) is 11.9. The van der Waals surface area contributed by atoms with Gasteiger partial charge in [0.2, 0.25) is 0 Å². The van der Waals surface area contributed by atoms with Crippen molar-refractivity contribution >= 4 is 38.4 Å². The molecule has 35 heavy (non-hydrogen) atoms. The van der Waals surface area contributed by atoms with E-state index < -0.39 is 26.7 Å². The molecule has 0 aliphatic rings.